The number of sulfone groups is 1. The quantitative estimate of drug-likeness (QED) is 0.638. The molecule has 0 fully saturated rings. The number of aromatic nitrogens is 2. The molecule has 132 valence electrons. The van der Waals surface area contributed by atoms with E-state index in [2.05, 4.69) is 14.9 Å². The molecule has 0 aliphatic rings. The fourth-order valence-electron chi connectivity index (χ4n) is 1.93. The van der Waals surface area contributed by atoms with E-state index < -0.39 is 25.1 Å². The van der Waals surface area contributed by atoms with Crippen molar-refractivity contribution in [2.45, 2.75) is 24.5 Å². The Morgan fingerprint density at radius 1 is 1.04 bits per heavy atom. The van der Waals surface area contributed by atoms with Gasteiger partial charge in [-0.25, -0.2) is 21.6 Å². The predicted molar refractivity (Wildman–Crippen MR) is 87.7 cm³/mol. The third-order valence-electron chi connectivity index (χ3n) is 3.16. The van der Waals surface area contributed by atoms with Crippen molar-refractivity contribution in [2.24, 2.45) is 0 Å². The molecule has 0 spiro atoms. The molecule has 8 nitrogen and oxygen atoms in total. The van der Waals surface area contributed by atoms with Crippen LogP contribution in [0.1, 0.15) is 17.9 Å². The van der Waals surface area contributed by atoms with Crippen LogP contribution in [0.3, 0.4) is 0 Å². The smallest absolute Gasteiger partial charge is 0.335 e. The van der Waals surface area contributed by atoms with Gasteiger partial charge in [0.25, 0.3) is 0 Å². The summed E-state index contributed by atoms with van der Waals surface area (Å²) in [6.45, 7) is 0.216. The summed E-state index contributed by atoms with van der Waals surface area (Å²) in [6, 6.07) is 9.37. The van der Waals surface area contributed by atoms with Crippen LogP contribution in [-0.2, 0) is 32.7 Å². The van der Waals surface area contributed by atoms with Gasteiger partial charge in [-0.2, -0.15) is 0 Å². The van der Waals surface area contributed by atoms with Crippen LogP contribution in [0.5, 0.6) is 0 Å². The topological polar surface area (TPSA) is 119 Å². The number of nitrogens with zero attached hydrogens (tertiary/aromatic N) is 2. The van der Waals surface area contributed by atoms with Crippen molar-refractivity contribution in [3.8, 4) is 0 Å². The van der Waals surface area contributed by atoms with Gasteiger partial charge in [0.2, 0.25) is 25.8 Å². The summed E-state index contributed by atoms with van der Waals surface area (Å²) in [5.41, 5.74) is 0.960. The first-order valence-electron chi connectivity index (χ1n) is 7.30. The van der Waals surface area contributed by atoms with Gasteiger partial charge in [0.05, 0.1) is 5.75 Å². The first-order valence-corrected chi connectivity index (χ1v) is 10.8. The van der Waals surface area contributed by atoms with Crippen LogP contribution in [0, 0.1) is 0 Å². The molecular formula is C14H19N3O5S2. The number of aryl methyl sites for hydroxylation is 2. The zero-order chi connectivity index (χ0) is 17.6. The monoisotopic (exact) mass is 373 g/mol. The van der Waals surface area contributed by atoms with Gasteiger partial charge in [0.15, 0.2) is 0 Å². The van der Waals surface area contributed by atoms with Gasteiger partial charge in [0, 0.05) is 19.2 Å². The number of nitrogens with one attached hydrogen (secondary N) is 1. The minimum absolute atomic E-state index is 0.00972. The lowest BCUT2D eigenvalue weighted by molar-refractivity contribution is 0.394. The Balaban J connectivity index is 1.74. The van der Waals surface area contributed by atoms with Crippen LogP contribution in [-0.4, -0.2) is 45.6 Å². The van der Waals surface area contributed by atoms with Gasteiger partial charge < -0.3 is 4.42 Å². The average Bonchev–Trinajstić information content (AvgIpc) is 3.00. The maximum absolute atomic E-state index is 11.9. The molecule has 0 atom stereocenters. The lowest BCUT2D eigenvalue weighted by atomic mass is 10.2. The highest BCUT2D eigenvalue weighted by atomic mass is 32.2. The first kappa shape index (κ1) is 18.6. The molecule has 2 aromatic rings. The number of hydrogen-bond donors (Lipinski definition) is 1. The van der Waals surface area contributed by atoms with Crippen LogP contribution in [0.2, 0.25) is 0 Å². The van der Waals surface area contributed by atoms with Gasteiger partial charge >= 0.3 is 5.22 Å². The second-order valence-corrected chi connectivity index (χ2v) is 9.11. The van der Waals surface area contributed by atoms with E-state index in [9.17, 15) is 16.8 Å². The Morgan fingerprint density at radius 2 is 1.75 bits per heavy atom. The minimum Gasteiger partial charge on any atom is -0.413 e. The average molecular weight is 373 g/mol. The molecule has 2 rings (SSSR count). The van der Waals surface area contributed by atoms with Crippen LogP contribution in [0.4, 0.5) is 0 Å². The molecule has 0 aliphatic heterocycles. The Hall–Kier alpha value is -1.78. The molecule has 0 saturated heterocycles. The fraction of sp³-hybridized carbons (Fsp3) is 0.429. The highest BCUT2D eigenvalue weighted by Crippen LogP contribution is 2.08. The van der Waals surface area contributed by atoms with E-state index in [1.165, 1.54) is 0 Å². The fourth-order valence-corrected chi connectivity index (χ4v) is 3.47. The second-order valence-electron chi connectivity index (χ2n) is 5.29. The second kappa shape index (κ2) is 7.86. The summed E-state index contributed by atoms with van der Waals surface area (Å²) < 4.78 is 53.7. The van der Waals surface area contributed by atoms with Crippen molar-refractivity contribution >= 4 is 19.9 Å². The van der Waals surface area contributed by atoms with Crippen molar-refractivity contribution in [3.63, 3.8) is 0 Å². The van der Waals surface area contributed by atoms with Gasteiger partial charge in [-0.1, -0.05) is 35.4 Å². The standard InChI is InChI=1S/C14H19N3O5S2/c1-23(18,19)14-17-16-13(22-14)8-5-10-15-24(20,21)11-9-12-6-3-2-4-7-12/h2-4,6-7,15H,5,8-11H2,1H3. The highest BCUT2D eigenvalue weighted by molar-refractivity contribution is 7.90. The third kappa shape index (κ3) is 6.02. The molecule has 24 heavy (non-hydrogen) atoms. The van der Waals surface area contributed by atoms with E-state index in [1.54, 1.807) is 0 Å². The summed E-state index contributed by atoms with van der Waals surface area (Å²) in [6.07, 6.45) is 2.14. The van der Waals surface area contributed by atoms with Crippen LogP contribution >= 0.6 is 0 Å². The maximum atomic E-state index is 11.9. The van der Waals surface area contributed by atoms with Gasteiger partial charge in [-0.15, -0.1) is 5.10 Å². The highest BCUT2D eigenvalue weighted by Gasteiger charge is 2.16. The van der Waals surface area contributed by atoms with Gasteiger partial charge in [0.1, 0.15) is 0 Å². The summed E-state index contributed by atoms with van der Waals surface area (Å²) in [7, 11) is -6.89. The number of benzene rings is 1. The molecule has 0 unspecified atom stereocenters. The molecule has 1 aromatic carbocycles. The van der Waals surface area contributed by atoms with Crippen molar-refractivity contribution in [2.75, 3.05) is 18.6 Å². The van der Waals surface area contributed by atoms with E-state index in [0.29, 0.717) is 19.3 Å². The maximum Gasteiger partial charge on any atom is 0.335 e. The molecule has 10 heteroatoms. The SMILES string of the molecule is CS(=O)(=O)c1nnc(CCCNS(=O)(=O)CCc2ccccc2)o1. The van der Waals surface area contributed by atoms with Gasteiger partial charge in [-0.3, -0.25) is 0 Å². The van der Waals surface area contributed by atoms with Crippen molar-refractivity contribution < 1.29 is 21.3 Å². The van der Waals surface area contributed by atoms with Gasteiger partial charge in [-0.05, 0) is 18.4 Å². The van der Waals surface area contributed by atoms with Crippen molar-refractivity contribution in [1.82, 2.24) is 14.9 Å². The van der Waals surface area contributed by atoms with Crippen LogP contribution < -0.4 is 4.72 Å². The summed E-state index contributed by atoms with van der Waals surface area (Å²) in [5.74, 6) is 0.175. The van der Waals surface area contributed by atoms with E-state index in [4.69, 9.17) is 4.42 Å². The summed E-state index contributed by atoms with van der Waals surface area (Å²) in [5, 5.41) is 6.62. The Morgan fingerprint density at radius 3 is 2.38 bits per heavy atom. The predicted octanol–water partition coefficient (Wildman–Crippen LogP) is 0.568. The van der Waals surface area contributed by atoms with Crippen LogP contribution in [0.25, 0.3) is 0 Å². The van der Waals surface area contributed by atoms with E-state index in [0.717, 1.165) is 11.8 Å². The summed E-state index contributed by atoms with van der Waals surface area (Å²) in [4.78, 5) is 0. The number of sulfonamides is 1. The minimum atomic E-state index is -3.52. The largest absolute Gasteiger partial charge is 0.413 e. The third-order valence-corrected chi connectivity index (χ3v) is 5.34. The van der Waals surface area contributed by atoms with Crippen molar-refractivity contribution in [3.05, 3.63) is 41.8 Å². The Bertz CT molecular complexity index is 861. The zero-order valence-electron chi connectivity index (χ0n) is 13.2. The van der Waals surface area contributed by atoms with Crippen LogP contribution in [0.15, 0.2) is 40.0 Å². The molecule has 1 aromatic heterocycles. The van der Waals surface area contributed by atoms with E-state index >= 15 is 0 Å². The number of rotatable bonds is 9. The Kier molecular flexibility index (Phi) is 6.08. The van der Waals surface area contributed by atoms with E-state index in [1.807, 2.05) is 30.3 Å². The molecule has 0 saturated carbocycles. The molecular weight excluding hydrogens is 354 g/mol. The lowest BCUT2D eigenvalue weighted by Crippen LogP contribution is -2.28. The molecule has 0 aliphatic carbocycles. The molecule has 0 amide bonds. The molecule has 0 radical (unpaired) electrons. The summed E-state index contributed by atoms with van der Waals surface area (Å²) >= 11 is 0. The number of hydrogen-bond acceptors (Lipinski definition) is 7. The molecule has 0 bridgehead atoms. The Labute approximate surface area is 141 Å². The van der Waals surface area contributed by atoms with E-state index in [-0.39, 0.29) is 18.2 Å². The molecule has 1 N–H and O–H groups in total. The van der Waals surface area contributed by atoms with Crippen molar-refractivity contribution in [1.29, 1.82) is 0 Å². The lowest BCUT2D eigenvalue weighted by Gasteiger charge is -2.06. The normalized spacial score (nSPS) is 12.4. The molecule has 1 heterocycles. The zero-order valence-corrected chi connectivity index (χ0v) is 14.8. The first-order chi connectivity index (χ1) is 11.3.